The van der Waals surface area contributed by atoms with E-state index in [9.17, 15) is 9.18 Å². The van der Waals surface area contributed by atoms with E-state index in [1.807, 2.05) is 22.6 Å². The lowest BCUT2D eigenvalue weighted by molar-refractivity contribution is -0.147. The Morgan fingerprint density at radius 1 is 1.57 bits per heavy atom. The van der Waals surface area contributed by atoms with Crippen molar-refractivity contribution in [2.75, 3.05) is 0 Å². The van der Waals surface area contributed by atoms with Crippen molar-refractivity contribution in [3.63, 3.8) is 0 Å². The highest BCUT2D eigenvalue weighted by molar-refractivity contribution is 14.1. The lowest BCUT2D eigenvalue weighted by Gasteiger charge is -2.08. The van der Waals surface area contributed by atoms with Crippen LogP contribution in [0.15, 0.2) is 16.6 Å². The molecular weight excluding hydrogens is 370 g/mol. The van der Waals surface area contributed by atoms with Crippen molar-refractivity contribution >= 4 is 44.5 Å². The van der Waals surface area contributed by atoms with E-state index in [2.05, 4.69) is 15.9 Å². The molecular formula is C8H5BrFIO3. The molecule has 0 amide bonds. The fourth-order valence-corrected chi connectivity index (χ4v) is 1.67. The lowest BCUT2D eigenvalue weighted by atomic mass is 10.1. The molecule has 3 nitrogen and oxygen atoms in total. The summed E-state index contributed by atoms with van der Waals surface area (Å²) < 4.78 is 14.4. The van der Waals surface area contributed by atoms with Gasteiger partial charge in [-0.25, -0.2) is 9.18 Å². The normalized spacial score (nSPS) is 12.6. The number of aliphatic carboxylic acids is 1. The number of carbonyl (C=O) groups is 1. The minimum Gasteiger partial charge on any atom is -0.479 e. The van der Waals surface area contributed by atoms with Crippen molar-refractivity contribution in [3.8, 4) is 0 Å². The summed E-state index contributed by atoms with van der Waals surface area (Å²) in [5.74, 6) is -2.20. The summed E-state index contributed by atoms with van der Waals surface area (Å²) >= 11 is 5.01. The monoisotopic (exact) mass is 374 g/mol. The number of hydrogen-bond acceptors (Lipinski definition) is 2. The standard InChI is InChI=1S/C8H5BrFIO3/c9-4-1-3(7(12)8(13)14)5(10)2-6(4)11/h1-2,7,12H,(H,13,14). The predicted octanol–water partition coefficient (Wildman–Crippen LogP) is 2.31. The average Bonchev–Trinajstić information content (AvgIpc) is 2.10. The van der Waals surface area contributed by atoms with E-state index in [-0.39, 0.29) is 5.56 Å². The molecule has 0 saturated carbocycles. The van der Waals surface area contributed by atoms with Crippen LogP contribution in [0, 0.1) is 9.39 Å². The number of aliphatic hydroxyl groups excluding tert-OH is 1. The van der Waals surface area contributed by atoms with E-state index in [4.69, 9.17) is 10.2 Å². The number of carboxylic acid groups (broad SMARTS) is 1. The summed E-state index contributed by atoms with van der Waals surface area (Å²) in [5, 5.41) is 17.6. The van der Waals surface area contributed by atoms with E-state index in [0.717, 1.165) is 6.07 Å². The van der Waals surface area contributed by atoms with Crippen LogP contribution in [0.5, 0.6) is 0 Å². The molecule has 0 fully saturated rings. The van der Waals surface area contributed by atoms with Crippen LogP contribution in [0.3, 0.4) is 0 Å². The SMILES string of the molecule is O=C(O)C(O)c1cc(Br)c(I)cc1F. The zero-order valence-corrected chi connectivity index (χ0v) is 10.4. The number of hydrogen-bond donors (Lipinski definition) is 2. The molecule has 0 aliphatic carbocycles. The highest BCUT2D eigenvalue weighted by Crippen LogP contribution is 2.26. The molecule has 0 bridgehead atoms. The van der Waals surface area contributed by atoms with Gasteiger partial charge in [-0.05, 0) is 50.7 Å². The van der Waals surface area contributed by atoms with Gasteiger partial charge in [0, 0.05) is 13.6 Å². The Hall–Kier alpha value is -0.210. The fraction of sp³-hybridized carbons (Fsp3) is 0.125. The predicted molar refractivity (Wildman–Crippen MR) is 59.4 cm³/mol. The molecule has 1 atom stereocenters. The molecule has 1 rings (SSSR count). The van der Waals surface area contributed by atoms with Crippen LogP contribution in [-0.4, -0.2) is 16.2 Å². The first-order valence-electron chi connectivity index (χ1n) is 3.48. The maximum absolute atomic E-state index is 13.2. The van der Waals surface area contributed by atoms with E-state index < -0.39 is 17.9 Å². The first kappa shape index (κ1) is 11.9. The van der Waals surface area contributed by atoms with Crippen molar-refractivity contribution in [2.24, 2.45) is 0 Å². The summed E-state index contributed by atoms with van der Waals surface area (Å²) in [4.78, 5) is 10.4. The summed E-state index contributed by atoms with van der Waals surface area (Å²) in [6.07, 6.45) is -1.83. The molecule has 0 radical (unpaired) electrons. The zero-order valence-electron chi connectivity index (χ0n) is 6.67. The highest BCUT2D eigenvalue weighted by atomic mass is 127. The quantitative estimate of drug-likeness (QED) is 0.617. The van der Waals surface area contributed by atoms with Crippen LogP contribution >= 0.6 is 38.5 Å². The van der Waals surface area contributed by atoms with E-state index in [1.54, 1.807) is 0 Å². The van der Waals surface area contributed by atoms with Crippen LogP contribution in [0.25, 0.3) is 0 Å². The van der Waals surface area contributed by atoms with Gasteiger partial charge in [-0.1, -0.05) is 0 Å². The number of benzene rings is 1. The summed E-state index contributed by atoms with van der Waals surface area (Å²) in [6.45, 7) is 0. The van der Waals surface area contributed by atoms with Crippen LogP contribution < -0.4 is 0 Å². The molecule has 1 unspecified atom stereocenters. The molecule has 14 heavy (non-hydrogen) atoms. The topological polar surface area (TPSA) is 57.5 Å². The Bertz CT molecular complexity index is 383. The molecule has 1 aromatic carbocycles. The second-order valence-corrected chi connectivity index (χ2v) is 4.55. The summed E-state index contributed by atoms with van der Waals surface area (Å²) in [6, 6.07) is 2.42. The molecule has 2 N–H and O–H groups in total. The molecule has 76 valence electrons. The highest BCUT2D eigenvalue weighted by Gasteiger charge is 2.21. The molecule has 6 heteroatoms. The molecule has 0 heterocycles. The van der Waals surface area contributed by atoms with Crippen molar-refractivity contribution in [1.82, 2.24) is 0 Å². The molecule has 0 aliphatic heterocycles. The maximum Gasteiger partial charge on any atom is 0.337 e. The Labute approximate surface area is 101 Å². The summed E-state index contributed by atoms with van der Waals surface area (Å²) in [7, 11) is 0. The van der Waals surface area contributed by atoms with Gasteiger partial charge in [0.05, 0.1) is 0 Å². The molecule has 0 aromatic heterocycles. The van der Waals surface area contributed by atoms with Gasteiger partial charge >= 0.3 is 5.97 Å². The molecule has 0 spiro atoms. The Balaban J connectivity index is 3.22. The Morgan fingerprint density at radius 2 is 2.14 bits per heavy atom. The van der Waals surface area contributed by atoms with Gasteiger partial charge in [-0.2, -0.15) is 0 Å². The van der Waals surface area contributed by atoms with Gasteiger partial charge in [-0.3, -0.25) is 0 Å². The van der Waals surface area contributed by atoms with Gasteiger partial charge < -0.3 is 10.2 Å². The van der Waals surface area contributed by atoms with Gasteiger partial charge in [0.2, 0.25) is 0 Å². The van der Waals surface area contributed by atoms with Crippen LogP contribution in [0.4, 0.5) is 4.39 Å². The molecule has 0 saturated heterocycles. The van der Waals surface area contributed by atoms with E-state index in [0.29, 0.717) is 8.04 Å². The van der Waals surface area contributed by atoms with Crippen molar-refractivity contribution in [3.05, 3.63) is 31.6 Å². The largest absolute Gasteiger partial charge is 0.479 e. The second-order valence-electron chi connectivity index (χ2n) is 2.53. The Kier molecular flexibility index (Phi) is 3.85. The third kappa shape index (κ3) is 2.43. The van der Waals surface area contributed by atoms with E-state index in [1.165, 1.54) is 6.07 Å². The first-order chi connectivity index (χ1) is 6.43. The zero-order chi connectivity index (χ0) is 10.9. The second kappa shape index (κ2) is 4.54. The van der Waals surface area contributed by atoms with Crippen molar-refractivity contribution < 1.29 is 19.4 Å². The maximum atomic E-state index is 13.2. The lowest BCUT2D eigenvalue weighted by Crippen LogP contribution is -2.12. The smallest absolute Gasteiger partial charge is 0.337 e. The Morgan fingerprint density at radius 3 is 2.64 bits per heavy atom. The van der Waals surface area contributed by atoms with Gasteiger partial charge in [-0.15, -0.1) is 0 Å². The molecule has 1 aromatic rings. The van der Waals surface area contributed by atoms with Gasteiger partial charge in [0.25, 0.3) is 0 Å². The minimum absolute atomic E-state index is 0.246. The van der Waals surface area contributed by atoms with Crippen LogP contribution in [0.1, 0.15) is 11.7 Å². The minimum atomic E-state index is -1.83. The number of aliphatic hydroxyl groups is 1. The van der Waals surface area contributed by atoms with Gasteiger partial charge in [0.15, 0.2) is 6.10 Å². The van der Waals surface area contributed by atoms with Gasteiger partial charge in [0.1, 0.15) is 5.82 Å². The van der Waals surface area contributed by atoms with Crippen LogP contribution in [-0.2, 0) is 4.79 Å². The van der Waals surface area contributed by atoms with Crippen molar-refractivity contribution in [1.29, 1.82) is 0 Å². The van der Waals surface area contributed by atoms with Crippen LogP contribution in [0.2, 0.25) is 0 Å². The number of rotatable bonds is 2. The van der Waals surface area contributed by atoms with E-state index >= 15 is 0 Å². The molecule has 0 aliphatic rings. The summed E-state index contributed by atoms with van der Waals surface area (Å²) in [5.41, 5.74) is -0.246. The average molecular weight is 375 g/mol. The fourth-order valence-electron chi connectivity index (χ4n) is 0.881. The first-order valence-corrected chi connectivity index (χ1v) is 5.36. The van der Waals surface area contributed by atoms with Crippen molar-refractivity contribution in [2.45, 2.75) is 6.10 Å². The number of carboxylic acids is 1. The third-order valence-corrected chi connectivity index (χ3v) is 3.86. The third-order valence-electron chi connectivity index (χ3n) is 1.57. The number of halogens is 3.